The number of halogens is 1. The second-order valence-electron chi connectivity index (χ2n) is 6.97. The van der Waals surface area contributed by atoms with Gasteiger partial charge in [0.15, 0.2) is 0 Å². The summed E-state index contributed by atoms with van der Waals surface area (Å²) in [5.74, 6) is 0. The van der Waals surface area contributed by atoms with Crippen LogP contribution >= 0.6 is 11.6 Å². The number of rotatable bonds is 7. The van der Waals surface area contributed by atoms with E-state index < -0.39 is 0 Å². The van der Waals surface area contributed by atoms with Gasteiger partial charge >= 0.3 is 0 Å². The number of aliphatic hydroxyl groups is 1. The third kappa shape index (κ3) is 5.52. The molecule has 0 aromatic heterocycles. The predicted octanol–water partition coefficient (Wildman–Crippen LogP) is 4.23. The number of anilines is 1. The summed E-state index contributed by atoms with van der Waals surface area (Å²) in [4.78, 5) is 2.18. The first-order chi connectivity index (χ1) is 11.4. The summed E-state index contributed by atoms with van der Waals surface area (Å²) in [5, 5.41) is 13.8. The van der Waals surface area contributed by atoms with Gasteiger partial charge in [-0.25, -0.2) is 0 Å². The Morgan fingerprint density at radius 2 is 1.75 bits per heavy atom. The lowest BCUT2D eigenvalue weighted by Gasteiger charge is -2.29. The number of nitrogens with one attached hydrogen (secondary N) is 1. The highest BCUT2D eigenvalue weighted by Gasteiger charge is 2.16. The minimum absolute atomic E-state index is 0.0116. The van der Waals surface area contributed by atoms with E-state index in [1.165, 1.54) is 5.56 Å². The van der Waals surface area contributed by atoms with Gasteiger partial charge in [-0.15, -0.1) is 0 Å². The Hall–Kier alpha value is -1.55. The van der Waals surface area contributed by atoms with E-state index in [1.807, 2.05) is 30.3 Å². The maximum Gasteiger partial charge on any atom is 0.0606 e. The monoisotopic (exact) mass is 346 g/mol. The molecule has 0 aliphatic heterocycles. The molecule has 0 radical (unpaired) electrons. The molecule has 0 fully saturated rings. The first kappa shape index (κ1) is 18.8. The zero-order chi connectivity index (χ0) is 17.6. The van der Waals surface area contributed by atoms with Crippen LogP contribution in [-0.2, 0) is 13.1 Å². The fourth-order valence-electron chi connectivity index (χ4n) is 2.58. The third-order valence-electron chi connectivity index (χ3n) is 3.82. The molecule has 0 aliphatic rings. The first-order valence-electron chi connectivity index (χ1n) is 8.33. The van der Waals surface area contributed by atoms with E-state index >= 15 is 0 Å². The van der Waals surface area contributed by atoms with Crippen LogP contribution in [0.3, 0.4) is 0 Å². The van der Waals surface area contributed by atoms with Crippen molar-refractivity contribution in [1.29, 1.82) is 0 Å². The van der Waals surface area contributed by atoms with E-state index in [-0.39, 0.29) is 12.1 Å². The number of hydrogen-bond acceptors (Lipinski definition) is 3. The molecule has 0 bridgehead atoms. The van der Waals surface area contributed by atoms with Crippen molar-refractivity contribution in [3.05, 3.63) is 64.7 Å². The summed E-state index contributed by atoms with van der Waals surface area (Å²) < 4.78 is 0. The molecular weight excluding hydrogens is 320 g/mol. The minimum Gasteiger partial charge on any atom is -0.395 e. The van der Waals surface area contributed by atoms with Crippen molar-refractivity contribution in [1.82, 2.24) is 5.32 Å². The number of nitrogens with zero attached hydrogens (tertiary/aromatic N) is 1. The van der Waals surface area contributed by atoms with E-state index in [0.29, 0.717) is 13.1 Å². The van der Waals surface area contributed by atoms with Gasteiger partial charge in [0, 0.05) is 41.4 Å². The van der Waals surface area contributed by atoms with E-state index in [2.05, 4.69) is 49.2 Å². The number of hydrogen-bond donors (Lipinski definition) is 2. The largest absolute Gasteiger partial charge is 0.395 e. The van der Waals surface area contributed by atoms with Crippen LogP contribution in [0.15, 0.2) is 48.5 Å². The summed E-state index contributed by atoms with van der Waals surface area (Å²) >= 11 is 6.48. The molecule has 4 heteroatoms. The molecule has 0 spiro atoms. The molecule has 2 aromatic carbocycles. The van der Waals surface area contributed by atoms with Gasteiger partial charge in [0.1, 0.15) is 0 Å². The van der Waals surface area contributed by atoms with Crippen LogP contribution in [0.1, 0.15) is 31.9 Å². The molecule has 2 rings (SSSR count). The van der Waals surface area contributed by atoms with Gasteiger partial charge in [-0.3, -0.25) is 0 Å². The van der Waals surface area contributed by atoms with Gasteiger partial charge in [-0.2, -0.15) is 0 Å². The summed E-state index contributed by atoms with van der Waals surface area (Å²) in [6.07, 6.45) is 0. The molecule has 0 saturated heterocycles. The van der Waals surface area contributed by atoms with Crippen molar-refractivity contribution < 1.29 is 5.11 Å². The van der Waals surface area contributed by atoms with Crippen LogP contribution < -0.4 is 10.2 Å². The number of benzene rings is 2. The molecule has 0 heterocycles. The van der Waals surface area contributed by atoms with Crippen molar-refractivity contribution in [2.45, 2.75) is 39.4 Å². The van der Waals surface area contributed by atoms with E-state index in [1.54, 1.807) is 0 Å². The highest BCUT2D eigenvalue weighted by molar-refractivity contribution is 6.31. The van der Waals surface area contributed by atoms with Crippen molar-refractivity contribution in [3.8, 4) is 0 Å². The average Bonchev–Trinajstić information content (AvgIpc) is 2.53. The van der Waals surface area contributed by atoms with Crippen molar-refractivity contribution in [3.63, 3.8) is 0 Å². The molecule has 130 valence electrons. The lowest BCUT2D eigenvalue weighted by Crippen LogP contribution is -2.36. The standard InChI is InChI=1S/C20H27ClN2O/c1-20(2,3)22-14-17-18(21)10-7-11-19(17)23(12-13-24)15-16-8-5-4-6-9-16/h4-11,22,24H,12-15H2,1-3H3. The van der Waals surface area contributed by atoms with Crippen LogP contribution in [0.25, 0.3) is 0 Å². The van der Waals surface area contributed by atoms with Crippen LogP contribution in [0.2, 0.25) is 5.02 Å². The van der Waals surface area contributed by atoms with Crippen LogP contribution in [0.4, 0.5) is 5.69 Å². The molecule has 0 unspecified atom stereocenters. The van der Waals surface area contributed by atoms with Crippen molar-refractivity contribution in [2.75, 3.05) is 18.1 Å². The maximum absolute atomic E-state index is 9.51. The molecule has 0 saturated carbocycles. The maximum atomic E-state index is 9.51. The first-order valence-corrected chi connectivity index (χ1v) is 8.70. The second kappa shape index (κ2) is 8.52. The lowest BCUT2D eigenvalue weighted by molar-refractivity contribution is 0.301. The van der Waals surface area contributed by atoms with Gasteiger partial charge in [0.25, 0.3) is 0 Å². The SMILES string of the molecule is CC(C)(C)NCc1c(Cl)cccc1N(CCO)Cc1ccccc1. The lowest BCUT2D eigenvalue weighted by atomic mass is 10.1. The van der Waals surface area contributed by atoms with E-state index in [4.69, 9.17) is 11.6 Å². The van der Waals surface area contributed by atoms with Gasteiger partial charge in [-0.05, 0) is 38.5 Å². The summed E-state index contributed by atoms with van der Waals surface area (Å²) in [6, 6.07) is 16.2. The van der Waals surface area contributed by atoms with Crippen LogP contribution in [-0.4, -0.2) is 23.8 Å². The highest BCUT2D eigenvalue weighted by Crippen LogP contribution is 2.29. The zero-order valence-electron chi connectivity index (χ0n) is 14.7. The van der Waals surface area contributed by atoms with Crippen LogP contribution in [0.5, 0.6) is 0 Å². The highest BCUT2D eigenvalue weighted by atomic mass is 35.5. The Morgan fingerprint density at radius 1 is 1.04 bits per heavy atom. The quantitative estimate of drug-likeness (QED) is 0.787. The van der Waals surface area contributed by atoms with E-state index in [9.17, 15) is 5.11 Å². The van der Waals surface area contributed by atoms with Gasteiger partial charge < -0.3 is 15.3 Å². The smallest absolute Gasteiger partial charge is 0.0606 e. The molecular formula is C20H27ClN2O. The van der Waals surface area contributed by atoms with Crippen molar-refractivity contribution >= 4 is 17.3 Å². The predicted molar refractivity (Wildman–Crippen MR) is 103 cm³/mol. The Balaban J connectivity index is 2.30. The molecule has 24 heavy (non-hydrogen) atoms. The van der Waals surface area contributed by atoms with E-state index in [0.717, 1.165) is 22.8 Å². The third-order valence-corrected chi connectivity index (χ3v) is 4.17. The Kier molecular flexibility index (Phi) is 6.67. The summed E-state index contributed by atoms with van der Waals surface area (Å²) in [6.45, 7) is 8.51. The number of aliphatic hydroxyl groups excluding tert-OH is 1. The van der Waals surface area contributed by atoms with Gasteiger partial charge in [-0.1, -0.05) is 48.0 Å². The minimum atomic E-state index is 0.0116. The summed E-state index contributed by atoms with van der Waals surface area (Å²) in [7, 11) is 0. The Morgan fingerprint density at radius 3 is 2.38 bits per heavy atom. The molecule has 2 aromatic rings. The molecule has 0 amide bonds. The zero-order valence-corrected chi connectivity index (χ0v) is 15.5. The topological polar surface area (TPSA) is 35.5 Å². The fourth-order valence-corrected chi connectivity index (χ4v) is 2.82. The molecule has 3 nitrogen and oxygen atoms in total. The van der Waals surface area contributed by atoms with Crippen molar-refractivity contribution in [2.24, 2.45) is 0 Å². The normalized spacial score (nSPS) is 11.5. The molecule has 0 atom stereocenters. The fraction of sp³-hybridized carbons (Fsp3) is 0.400. The summed E-state index contributed by atoms with van der Waals surface area (Å²) in [5.41, 5.74) is 3.36. The Labute approximate surface area is 150 Å². The van der Waals surface area contributed by atoms with Gasteiger partial charge in [0.2, 0.25) is 0 Å². The Bertz CT molecular complexity index is 638. The molecule has 2 N–H and O–H groups in total. The average molecular weight is 347 g/mol. The van der Waals surface area contributed by atoms with Crippen LogP contribution in [0, 0.1) is 0 Å². The van der Waals surface area contributed by atoms with Gasteiger partial charge in [0.05, 0.1) is 6.61 Å². The second-order valence-corrected chi connectivity index (χ2v) is 7.38. The molecule has 0 aliphatic carbocycles.